The molecule has 0 unspecified atom stereocenters. The molecule has 18 heavy (non-hydrogen) atoms. The Morgan fingerprint density at radius 2 is 1.67 bits per heavy atom. The predicted molar refractivity (Wildman–Crippen MR) is 88.7 cm³/mol. The molecule has 0 fully saturated rings. The van der Waals surface area contributed by atoms with Crippen molar-refractivity contribution in [2.24, 2.45) is 0 Å². The van der Waals surface area contributed by atoms with Gasteiger partial charge in [-0.2, -0.15) is 0 Å². The van der Waals surface area contributed by atoms with Crippen LogP contribution in [0, 0.1) is 0 Å². The Morgan fingerprint density at radius 1 is 1.06 bits per heavy atom. The highest BCUT2D eigenvalue weighted by molar-refractivity contribution is 8.11. The third kappa shape index (κ3) is 7.02. The number of thiol groups is 1. The first-order valence-corrected chi connectivity index (χ1v) is 7.67. The minimum atomic E-state index is 0.513. The molecule has 0 saturated heterocycles. The van der Waals surface area contributed by atoms with Crippen LogP contribution in [0.2, 0.25) is 0 Å². The fraction of sp³-hybridized carbons (Fsp3) is 0.533. The van der Waals surface area contributed by atoms with Crippen molar-refractivity contribution in [3.8, 4) is 0 Å². The topological polar surface area (TPSA) is 12.0 Å². The maximum atomic E-state index is 4.88. The van der Waals surface area contributed by atoms with Gasteiger partial charge in [0.15, 0.2) is 0 Å². The van der Waals surface area contributed by atoms with Crippen LogP contribution >= 0.6 is 24.8 Å². The highest BCUT2D eigenvalue weighted by Gasteiger charge is 1.96. The van der Waals surface area contributed by atoms with Gasteiger partial charge in [0.25, 0.3) is 0 Å². The van der Waals surface area contributed by atoms with E-state index in [4.69, 9.17) is 12.2 Å². The van der Waals surface area contributed by atoms with Crippen LogP contribution in [0.5, 0.6) is 0 Å². The standard InChI is InChI=1S/C15H23NS2/c1-2-3-4-5-6-7-8-13-9-11-14(12-10-13)16-15(17)18/h9-12H,2-8H2,1H3,(H2,16,17,18). The highest BCUT2D eigenvalue weighted by atomic mass is 32.1. The van der Waals surface area contributed by atoms with E-state index in [1.807, 2.05) is 0 Å². The summed E-state index contributed by atoms with van der Waals surface area (Å²) in [6.45, 7) is 2.26. The molecule has 0 saturated carbocycles. The number of anilines is 1. The van der Waals surface area contributed by atoms with E-state index in [0.717, 1.165) is 5.69 Å². The van der Waals surface area contributed by atoms with Crippen LogP contribution < -0.4 is 5.32 Å². The van der Waals surface area contributed by atoms with E-state index in [9.17, 15) is 0 Å². The average Bonchev–Trinajstić information content (AvgIpc) is 2.35. The molecule has 1 aromatic rings. The van der Waals surface area contributed by atoms with E-state index < -0.39 is 0 Å². The number of thiocarbonyl (C=S) groups is 1. The molecular weight excluding hydrogens is 258 g/mol. The molecule has 0 aromatic heterocycles. The zero-order valence-electron chi connectivity index (χ0n) is 11.1. The van der Waals surface area contributed by atoms with Gasteiger partial charge in [-0.05, 0) is 30.5 Å². The van der Waals surface area contributed by atoms with Gasteiger partial charge < -0.3 is 5.32 Å². The van der Waals surface area contributed by atoms with Gasteiger partial charge in [-0.1, -0.05) is 63.4 Å². The summed E-state index contributed by atoms with van der Waals surface area (Å²) < 4.78 is 0.513. The van der Waals surface area contributed by atoms with Crippen LogP contribution in [0.1, 0.15) is 51.0 Å². The van der Waals surface area contributed by atoms with Crippen molar-refractivity contribution < 1.29 is 0 Å². The molecular formula is C15H23NS2. The molecule has 1 nitrogen and oxygen atoms in total. The van der Waals surface area contributed by atoms with Crippen LogP contribution in [0.3, 0.4) is 0 Å². The van der Waals surface area contributed by atoms with Crippen LogP contribution in [-0.4, -0.2) is 4.32 Å². The van der Waals surface area contributed by atoms with E-state index in [0.29, 0.717) is 4.32 Å². The molecule has 1 aromatic carbocycles. The summed E-state index contributed by atoms with van der Waals surface area (Å²) in [5.41, 5.74) is 2.42. The molecule has 0 amide bonds. The first kappa shape index (κ1) is 15.5. The normalized spacial score (nSPS) is 10.3. The second-order valence-corrected chi connectivity index (χ2v) is 5.80. The summed E-state index contributed by atoms with van der Waals surface area (Å²) in [6.07, 6.45) is 9.28. The van der Waals surface area contributed by atoms with E-state index in [2.05, 4.69) is 49.1 Å². The van der Waals surface area contributed by atoms with Gasteiger partial charge in [0, 0.05) is 5.69 Å². The number of benzene rings is 1. The van der Waals surface area contributed by atoms with Gasteiger partial charge in [0.2, 0.25) is 0 Å². The summed E-state index contributed by atoms with van der Waals surface area (Å²) in [7, 11) is 0. The third-order valence-electron chi connectivity index (χ3n) is 3.02. The van der Waals surface area contributed by atoms with E-state index in [1.165, 1.54) is 50.5 Å². The fourth-order valence-corrected chi connectivity index (χ4v) is 2.23. The van der Waals surface area contributed by atoms with Crippen molar-refractivity contribution in [1.29, 1.82) is 0 Å². The molecule has 3 heteroatoms. The van der Waals surface area contributed by atoms with Gasteiger partial charge in [-0.3, -0.25) is 0 Å². The van der Waals surface area contributed by atoms with Gasteiger partial charge >= 0.3 is 0 Å². The smallest absolute Gasteiger partial charge is 0.135 e. The quantitative estimate of drug-likeness (QED) is 0.385. The van der Waals surface area contributed by atoms with Crippen molar-refractivity contribution in [3.63, 3.8) is 0 Å². The Labute approximate surface area is 122 Å². The van der Waals surface area contributed by atoms with Crippen LogP contribution in [0.4, 0.5) is 5.69 Å². The van der Waals surface area contributed by atoms with Crippen molar-refractivity contribution in [2.75, 3.05) is 5.32 Å². The Morgan fingerprint density at radius 3 is 2.28 bits per heavy atom. The Balaban J connectivity index is 2.20. The van der Waals surface area contributed by atoms with Crippen molar-refractivity contribution in [1.82, 2.24) is 0 Å². The lowest BCUT2D eigenvalue weighted by molar-refractivity contribution is 0.607. The van der Waals surface area contributed by atoms with E-state index >= 15 is 0 Å². The molecule has 1 rings (SSSR count). The lowest BCUT2D eigenvalue weighted by atomic mass is 10.0. The molecule has 0 atom stereocenters. The molecule has 0 spiro atoms. The predicted octanol–water partition coefficient (Wildman–Crippen LogP) is 5.22. The Bertz CT molecular complexity index is 346. The van der Waals surface area contributed by atoms with Crippen LogP contribution in [0.25, 0.3) is 0 Å². The number of rotatable bonds is 8. The molecule has 0 bridgehead atoms. The lowest BCUT2D eigenvalue weighted by Crippen LogP contribution is -2.00. The number of hydrogen-bond acceptors (Lipinski definition) is 1. The number of nitrogens with one attached hydrogen (secondary N) is 1. The monoisotopic (exact) mass is 281 g/mol. The minimum Gasteiger partial charge on any atom is -0.341 e. The van der Waals surface area contributed by atoms with E-state index in [-0.39, 0.29) is 0 Å². The summed E-state index contributed by atoms with van der Waals surface area (Å²) in [6, 6.07) is 8.46. The SMILES string of the molecule is CCCCCCCCc1ccc(NC(=S)S)cc1. The largest absolute Gasteiger partial charge is 0.341 e. The Hall–Kier alpha value is -0.540. The molecule has 100 valence electrons. The molecule has 0 heterocycles. The number of hydrogen-bond donors (Lipinski definition) is 2. The third-order valence-corrected chi connectivity index (χ3v) is 3.24. The zero-order chi connectivity index (χ0) is 13.2. The Kier molecular flexibility index (Phi) is 8.10. The summed E-state index contributed by atoms with van der Waals surface area (Å²) >= 11 is 8.94. The van der Waals surface area contributed by atoms with Gasteiger partial charge in [0.1, 0.15) is 4.32 Å². The zero-order valence-corrected chi connectivity index (χ0v) is 12.8. The molecule has 0 aliphatic heterocycles. The summed E-state index contributed by atoms with van der Waals surface area (Å²) in [5, 5.41) is 3.02. The van der Waals surface area contributed by atoms with E-state index in [1.54, 1.807) is 0 Å². The van der Waals surface area contributed by atoms with Crippen molar-refractivity contribution >= 4 is 34.9 Å². The molecule has 0 aliphatic rings. The average molecular weight is 281 g/mol. The maximum absolute atomic E-state index is 4.88. The fourth-order valence-electron chi connectivity index (χ4n) is 1.99. The van der Waals surface area contributed by atoms with Crippen LogP contribution in [0.15, 0.2) is 24.3 Å². The second-order valence-electron chi connectivity index (χ2n) is 4.64. The number of aryl methyl sites for hydroxylation is 1. The lowest BCUT2D eigenvalue weighted by Gasteiger charge is -2.05. The van der Waals surface area contributed by atoms with Gasteiger partial charge in [-0.15, -0.1) is 12.6 Å². The molecule has 0 radical (unpaired) electrons. The number of unbranched alkanes of at least 4 members (excludes halogenated alkanes) is 5. The molecule has 0 aliphatic carbocycles. The van der Waals surface area contributed by atoms with Crippen LogP contribution in [-0.2, 0) is 6.42 Å². The summed E-state index contributed by atoms with van der Waals surface area (Å²) in [4.78, 5) is 0. The van der Waals surface area contributed by atoms with Crippen molar-refractivity contribution in [2.45, 2.75) is 51.9 Å². The first-order chi connectivity index (χ1) is 8.72. The minimum absolute atomic E-state index is 0.513. The van der Waals surface area contributed by atoms with Crippen molar-refractivity contribution in [3.05, 3.63) is 29.8 Å². The van der Waals surface area contributed by atoms with Gasteiger partial charge in [0.05, 0.1) is 0 Å². The maximum Gasteiger partial charge on any atom is 0.135 e. The first-order valence-electron chi connectivity index (χ1n) is 6.81. The second kappa shape index (κ2) is 9.40. The molecule has 1 N–H and O–H groups in total. The van der Waals surface area contributed by atoms with Gasteiger partial charge in [-0.25, -0.2) is 0 Å². The highest BCUT2D eigenvalue weighted by Crippen LogP contribution is 2.13. The summed E-state index contributed by atoms with van der Waals surface area (Å²) in [5.74, 6) is 0.